The molecule has 0 bridgehead atoms. The summed E-state index contributed by atoms with van der Waals surface area (Å²) in [6.45, 7) is 0.603. The number of ether oxygens (including phenoxy) is 1. The number of anilines is 1. The molecule has 0 unspecified atom stereocenters. The number of nitrogens with one attached hydrogen (secondary N) is 1. The fraction of sp³-hybridized carbons (Fsp3) is 0.611. The lowest BCUT2D eigenvalue weighted by Gasteiger charge is -2.18. The normalized spacial score (nSPS) is 24.2. The average Bonchev–Trinajstić information content (AvgIpc) is 3.20. The van der Waals surface area contributed by atoms with E-state index < -0.39 is 0 Å². The van der Waals surface area contributed by atoms with Gasteiger partial charge in [-0.3, -0.25) is 4.79 Å². The number of carbonyl (C=O) groups excluding carboxylic acids is 1. The third kappa shape index (κ3) is 4.61. The SMILES string of the molecule is Cl.NC[C@H]1CCC[C@H]1C(=O)Nc1ccc(OC2CCCC2)cc1. The molecule has 128 valence electrons. The van der Waals surface area contributed by atoms with Gasteiger partial charge in [0, 0.05) is 11.6 Å². The highest BCUT2D eigenvalue weighted by molar-refractivity contribution is 5.93. The minimum Gasteiger partial charge on any atom is -0.490 e. The average molecular weight is 339 g/mol. The Morgan fingerprint density at radius 3 is 2.43 bits per heavy atom. The van der Waals surface area contributed by atoms with Gasteiger partial charge in [-0.15, -0.1) is 12.4 Å². The van der Waals surface area contributed by atoms with Crippen molar-refractivity contribution in [3.8, 4) is 5.75 Å². The second kappa shape index (κ2) is 8.55. The lowest BCUT2D eigenvalue weighted by molar-refractivity contribution is -0.120. The molecule has 4 nitrogen and oxygen atoms in total. The Labute approximate surface area is 144 Å². The van der Waals surface area contributed by atoms with E-state index in [1.807, 2.05) is 24.3 Å². The van der Waals surface area contributed by atoms with Gasteiger partial charge in [0.05, 0.1) is 6.10 Å². The van der Waals surface area contributed by atoms with Gasteiger partial charge in [0.2, 0.25) is 5.91 Å². The minimum absolute atomic E-state index is 0. The largest absolute Gasteiger partial charge is 0.490 e. The van der Waals surface area contributed by atoms with Crippen LogP contribution in [0.25, 0.3) is 0 Å². The zero-order valence-corrected chi connectivity index (χ0v) is 14.3. The first-order chi connectivity index (χ1) is 10.8. The van der Waals surface area contributed by atoms with Crippen LogP contribution in [0.4, 0.5) is 5.69 Å². The molecule has 1 aromatic carbocycles. The molecule has 0 saturated heterocycles. The Balaban J connectivity index is 0.00000192. The number of hydrogen-bond acceptors (Lipinski definition) is 3. The molecule has 23 heavy (non-hydrogen) atoms. The van der Waals surface area contributed by atoms with Crippen molar-refractivity contribution >= 4 is 24.0 Å². The summed E-state index contributed by atoms with van der Waals surface area (Å²) in [5.74, 6) is 1.41. The molecule has 2 aliphatic carbocycles. The summed E-state index contributed by atoms with van der Waals surface area (Å²) in [6.07, 6.45) is 8.34. The topological polar surface area (TPSA) is 64.4 Å². The van der Waals surface area contributed by atoms with Crippen molar-refractivity contribution in [2.24, 2.45) is 17.6 Å². The Kier molecular flexibility index (Phi) is 6.72. The summed E-state index contributed by atoms with van der Waals surface area (Å²) in [4.78, 5) is 12.3. The van der Waals surface area contributed by atoms with Gasteiger partial charge in [-0.1, -0.05) is 6.42 Å². The Hall–Kier alpha value is -1.26. The van der Waals surface area contributed by atoms with Crippen LogP contribution in [0.5, 0.6) is 5.75 Å². The summed E-state index contributed by atoms with van der Waals surface area (Å²) < 4.78 is 5.94. The lowest BCUT2D eigenvalue weighted by atomic mass is 9.95. The predicted molar refractivity (Wildman–Crippen MR) is 95.1 cm³/mol. The summed E-state index contributed by atoms with van der Waals surface area (Å²) in [5, 5.41) is 3.02. The van der Waals surface area contributed by atoms with Crippen LogP contribution in [-0.4, -0.2) is 18.6 Å². The van der Waals surface area contributed by atoms with E-state index in [0.717, 1.165) is 43.5 Å². The third-order valence-corrected chi connectivity index (χ3v) is 5.03. The molecule has 0 spiro atoms. The summed E-state index contributed by atoms with van der Waals surface area (Å²) >= 11 is 0. The van der Waals surface area contributed by atoms with E-state index in [9.17, 15) is 4.79 Å². The fourth-order valence-electron chi connectivity index (χ4n) is 3.71. The van der Waals surface area contributed by atoms with Crippen molar-refractivity contribution in [1.82, 2.24) is 0 Å². The predicted octanol–water partition coefficient (Wildman–Crippen LogP) is 3.74. The Morgan fingerprint density at radius 1 is 1.09 bits per heavy atom. The van der Waals surface area contributed by atoms with E-state index in [-0.39, 0.29) is 24.2 Å². The molecular weight excluding hydrogens is 312 g/mol. The summed E-state index contributed by atoms with van der Waals surface area (Å²) in [5.41, 5.74) is 6.60. The van der Waals surface area contributed by atoms with Crippen LogP contribution in [0.3, 0.4) is 0 Å². The number of rotatable bonds is 5. The van der Waals surface area contributed by atoms with Gasteiger partial charge in [0.15, 0.2) is 0 Å². The number of benzene rings is 1. The van der Waals surface area contributed by atoms with Gasteiger partial charge in [-0.25, -0.2) is 0 Å². The maximum atomic E-state index is 12.3. The van der Waals surface area contributed by atoms with E-state index in [4.69, 9.17) is 10.5 Å². The highest BCUT2D eigenvalue weighted by atomic mass is 35.5. The molecule has 2 fully saturated rings. The van der Waals surface area contributed by atoms with Crippen molar-refractivity contribution in [2.45, 2.75) is 51.0 Å². The number of amides is 1. The molecule has 0 heterocycles. The molecule has 0 radical (unpaired) electrons. The van der Waals surface area contributed by atoms with Crippen LogP contribution in [0.2, 0.25) is 0 Å². The van der Waals surface area contributed by atoms with Crippen LogP contribution in [0.15, 0.2) is 24.3 Å². The monoisotopic (exact) mass is 338 g/mol. The molecule has 2 atom stereocenters. The molecule has 0 aliphatic heterocycles. The van der Waals surface area contributed by atoms with Gasteiger partial charge in [0.25, 0.3) is 0 Å². The van der Waals surface area contributed by atoms with Gasteiger partial charge in [-0.05, 0) is 75.3 Å². The molecule has 1 aromatic rings. The van der Waals surface area contributed by atoms with Crippen LogP contribution >= 0.6 is 12.4 Å². The van der Waals surface area contributed by atoms with Gasteiger partial charge < -0.3 is 15.8 Å². The standard InChI is InChI=1S/C18H26N2O2.ClH/c19-12-13-4-3-7-17(13)18(21)20-14-8-10-16(11-9-14)22-15-5-1-2-6-15;/h8-11,13,15,17H,1-7,12,19H2,(H,20,21);1H/t13-,17-;/m1./s1. The first kappa shape index (κ1) is 18.1. The van der Waals surface area contributed by atoms with Gasteiger partial charge >= 0.3 is 0 Å². The molecule has 3 N–H and O–H groups in total. The van der Waals surface area contributed by atoms with Crippen molar-refractivity contribution in [1.29, 1.82) is 0 Å². The smallest absolute Gasteiger partial charge is 0.227 e. The maximum absolute atomic E-state index is 12.3. The van der Waals surface area contributed by atoms with E-state index in [2.05, 4.69) is 5.32 Å². The minimum atomic E-state index is 0. The van der Waals surface area contributed by atoms with Crippen molar-refractivity contribution in [2.75, 3.05) is 11.9 Å². The first-order valence-electron chi connectivity index (χ1n) is 8.54. The summed E-state index contributed by atoms with van der Waals surface area (Å²) in [7, 11) is 0. The van der Waals surface area contributed by atoms with Crippen LogP contribution in [0.1, 0.15) is 44.9 Å². The highest BCUT2D eigenvalue weighted by Crippen LogP contribution is 2.32. The van der Waals surface area contributed by atoms with Crippen LogP contribution < -0.4 is 15.8 Å². The molecule has 2 aliphatic rings. The second-order valence-corrected chi connectivity index (χ2v) is 6.57. The molecule has 0 aromatic heterocycles. The Morgan fingerprint density at radius 2 is 1.78 bits per heavy atom. The Bertz CT molecular complexity index is 500. The van der Waals surface area contributed by atoms with Crippen molar-refractivity contribution < 1.29 is 9.53 Å². The van der Waals surface area contributed by atoms with Gasteiger partial charge in [-0.2, -0.15) is 0 Å². The highest BCUT2D eigenvalue weighted by Gasteiger charge is 2.31. The third-order valence-electron chi connectivity index (χ3n) is 5.03. The summed E-state index contributed by atoms with van der Waals surface area (Å²) in [6, 6.07) is 7.75. The second-order valence-electron chi connectivity index (χ2n) is 6.57. The van der Waals surface area contributed by atoms with Gasteiger partial charge in [0.1, 0.15) is 5.75 Å². The molecule has 2 saturated carbocycles. The van der Waals surface area contributed by atoms with Crippen LogP contribution in [0, 0.1) is 11.8 Å². The molecule has 3 rings (SSSR count). The lowest BCUT2D eigenvalue weighted by Crippen LogP contribution is -2.29. The quantitative estimate of drug-likeness (QED) is 0.859. The van der Waals surface area contributed by atoms with E-state index in [1.54, 1.807) is 0 Å². The fourth-order valence-corrected chi connectivity index (χ4v) is 3.71. The van der Waals surface area contributed by atoms with Crippen LogP contribution in [-0.2, 0) is 4.79 Å². The van der Waals surface area contributed by atoms with Crippen molar-refractivity contribution in [3.05, 3.63) is 24.3 Å². The zero-order chi connectivity index (χ0) is 15.4. The first-order valence-corrected chi connectivity index (χ1v) is 8.54. The molecule has 5 heteroatoms. The number of halogens is 1. The number of nitrogens with two attached hydrogens (primary N) is 1. The number of carbonyl (C=O) groups is 1. The number of hydrogen-bond donors (Lipinski definition) is 2. The van der Waals surface area contributed by atoms with E-state index in [1.165, 1.54) is 12.8 Å². The molecular formula is C18H27ClN2O2. The van der Waals surface area contributed by atoms with E-state index in [0.29, 0.717) is 18.6 Å². The maximum Gasteiger partial charge on any atom is 0.227 e. The zero-order valence-electron chi connectivity index (χ0n) is 13.5. The molecule has 1 amide bonds. The van der Waals surface area contributed by atoms with Crippen molar-refractivity contribution in [3.63, 3.8) is 0 Å². The van der Waals surface area contributed by atoms with E-state index >= 15 is 0 Å².